The molecule has 2 aromatic heterocycles. The fourth-order valence-corrected chi connectivity index (χ4v) is 6.87. The zero-order valence-corrected chi connectivity index (χ0v) is 19.8. The highest BCUT2D eigenvalue weighted by molar-refractivity contribution is 7.16. The van der Waals surface area contributed by atoms with Crippen LogP contribution in [0.25, 0.3) is 10.4 Å². The quantitative estimate of drug-likeness (QED) is 0.432. The number of carbonyl (C=O) groups is 1. The third-order valence-electron chi connectivity index (χ3n) is 6.79. The van der Waals surface area contributed by atoms with E-state index in [1.165, 1.54) is 32.9 Å². The number of benzene rings is 1. The second-order valence-corrected chi connectivity index (χ2v) is 11.2. The van der Waals surface area contributed by atoms with Crippen LogP contribution in [0.3, 0.4) is 0 Å². The van der Waals surface area contributed by atoms with Crippen molar-refractivity contribution in [2.24, 2.45) is 0 Å². The standard InChI is InChI=1S/C24H27N5O2S2/c30-22(18-5-2-8-26-18)28-21-7-6-19(32-21)24(31)29-12-15(13-29)23-27-11-20(33-23)16-4-1-3-14-9-25-10-17(14)16/h1,3-4,6-7,11,15,18,24-26,31H,2,5,8-10,12-13H2,(H,28,30)/t18-,24?/m0/s1. The predicted octanol–water partition coefficient (Wildman–Crippen LogP) is 3.26. The number of rotatable bonds is 6. The summed E-state index contributed by atoms with van der Waals surface area (Å²) in [6.07, 6.45) is 3.27. The first kappa shape index (κ1) is 21.4. The SMILES string of the molecule is O=C(Nc1ccc(C(O)N2CC(c3ncc(-c4cccc5c4CNC5)s3)C2)s1)[C@@H]1CCCN1. The summed E-state index contributed by atoms with van der Waals surface area (Å²) in [5, 5.41) is 22.4. The van der Waals surface area contributed by atoms with Crippen LogP contribution in [0.1, 0.15) is 46.0 Å². The van der Waals surface area contributed by atoms with Crippen LogP contribution in [0.2, 0.25) is 0 Å². The highest BCUT2D eigenvalue weighted by Crippen LogP contribution is 2.40. The smallest absolute Gasteiger partial charge is 0.242 e. The monoisotopic (exact) mass is 481 g/mol. The summed E-state index contributed by atoms with van der Waals surface area (Å²) >= 11 is 3.22. The second-order valence-electron chi connectivity index (χ2n) is 8.97. The number of anilines is 1. The molecule has 3 aliphatic heterocycles. The molecular weight excluding hydrogens is 454 g/mol. The first-order valence-corrected chi connectivity index (χ1v) is 13.1. The van der Waals surface area contributed by atoms with Crippen molar-refractivity contribution in [3.63, 3.8) is 0 Å². The highest BCUT2D eigenvalue weighted by atomic mass is 32.1. The van der Waals surface area contributed by atoms with E-state index < -0.39 is 6.23 Å². The van der Waals surface area contributed by atoms with Gasteiger partial charge in [-0.25, -0.2) is 4.98 Å². The Bertz CT molecular complexity index is 1160. The molecule has 0 radical (unpaired) electrons. The number of aromatic nitrogens is 1. The third kappa shape index (κ3) is 4.14. The van der Waals surface area contributed by atoms with Gasteiger partial charge in [-0.15, -0.1) is 22.7 Å². The fraction of sp³-hybridized carbons (Fsp3) is 0.417. The molecule has 0 aliphatic carbocycles. The van der Waals surface area contributed by atoms with E-state index in [2.05, 4.69) is 39.0 Å². The maximum Gasteiger partial charge on any atom is 0.242 e. The molecule has 2 atom stereocenters. The maximum atomic E-state index is 12.3. The van der Waals surface area contributed by atoms with Crippen molar-refractivity contribution in [2.75, 3.05) is 25.0 Å². The minimum absolute atomic E-state index is 0.0128. The molecule has 4 N–H and O–H groups in total. The Morgan fingerprint density at radius 2 is 2.12 bits per heavy atom. The van der Waals surface area contributed by atoms with Gasteiger partial charge in [0.1, 0.15) is 6.23 Å². The lowest BCUT2D eigenvalue weighted by Gasteiger charge is -2.40. The summed E-state index contributed by atoms with van der Waals surface area (Å²) < 4.78 is 0. The summed E-state index contributed by atoms with van der Waals surface area (Å²) in [5.41, 5.74) is 4.06. The van der Waals surface area contributed by atoms with Gasteiger partial charge in [-0.1, -0.05) is 18.2 Å². The number of thiophene rings is 1. The molecule has 6 rings (SSSR count). The van der Waals surface area contributed by atoms with E-state index in [9.17, 15) is 9.90 Å². The van der Waals surface area contributed by atoms with Crippen molar-refractivity contribution in [2.45, 2.75) is 44.1 Å². The molecule has 1 amide bonds. The van der Waals surface area contributed by atoms with Crippen LogP contribution in [-0.4, -0.2) is 46.6 Å². The Kier molecular flexibility index (Phi) is 5.77. The number of aliphatic hydroxyl groups is 1. The third-order valence-corrected chi connectivity index (χ3v) is 9.02. The first-order chi connectivity index (χ1) is 16.2. The van der Waals surface area contributed by atoms with Crippen molar-refractivity contribution in [1.82, 2.24) is 20.5 Å². The van der Waals surface area contributed by atoms with E-state index in [1.807, 2.05) is 18.3 Å². The molecule has 1 aromatic carbocycles. The molecule has 3 aliphatic rings. The van der Waals surface area contributed by atoms with Gasteiger partial charge in [0.25, 0.3) is 0 Å². The van der Waals surface area contributed by atoms with Crippen molar-refractivity contribution >= 4 is 33.6 Å². The maximum absolute atomic E-state index is 12.3. The Morgan fingerprint density at radius 1 is 1.21 bits per heavy atom. The molecule has 2 fully saturated rings. The first-order valence-electron chi connectivity index (χ1n) is 11.5. The van der Waals surface area contributed by atoms with Crippen LogP contribution in [0.5, 0.6) is 0 Å². The number of carbonyl (C=O) groups excluding carboxylic acids is 1. The molecule has 7 nitrogen and oxygen atoms in total. The largest absolute Gasteiger partial charge is 0.373 e. The summed E-state index contributed by atoms with van der Waals surface area (Å²) in [7, 11) is 0. The molecule has 0 bridgehead atoms. The van der Waals surface area contributed by atoms with Gasteiger partial charge in [-0.2, -0.15) is 0 Å². The van der Waals surface area contributed by atoms with E-state index in [0.29, 0.717) is 5.92 Å². The average Bonchev–Trinajstić information content (AvgIpc) is 3.59. The number of thiazole rings is 1. The lowest BCUT2D eigenvalue weighted by molar-refractivity contribution is -0.117. The Morgan fingerprint density at radius 3 is 2.97 bits per heavy atom. The van der Waals surface area contributed by atoms with Crippen LogP contribution < -0.4 is 16.0 Å². The van der Waals surface area contributed by atoms with E-state index >= 15 is 0 Å². The molecule has 2 saturated heterocycles. The highest BCUT2D eigenvalue weighted by Gasteiger charge is 2.36. The van der Waals surface area contributed by atoms with Crippen molar-refractivity contribution in [3.05, 3.63) is 57.5 Å². The second kappa shape index (κ2) is 8.90. The number of hydrogen-bond acceptors (Lipinski definition) is 8. The van der Waals surface area contributed by atoms with E-state index in [0.717, 1.165) is 60.5 Å². The van der Waals surface area contributed by atoms with E-state index in [1.54, 1.807) is 11.3 Å². The summed E-state index contributed by atoms with van der Waals surface area (Å²) in [4.78, 5) is 21.2. The lowest BCUT2D eigenvalue weighted by atomic mass is 10.0. The van der Waals surface area contributed by atoms with Gasteiger partial charge in [0.2, 0.25) is 5.91 Å². The molecule has 3 aromatic rings. The zero-order valence-electron chi connectivity index (χ0n) is 18.2. The number of fused-ring (bicyclic) bond motifs is 1. The summed E-state index contributed by atoms with van der Waals surface area (Å²) in [6, 6.07) is 10.2. The minimum atomic E-state index is -0.649. The van der Waals surface area contributed by atoms with Gasteiger partial charge in [0, 0.05) is 38.3 Å². The molecule has 172 valence electrons. The van der Waals surface area contributed by atoms with Crippen molar-refractivity contribution in [3.8, 4) is 10.4 Å². The van der Waals surface area contributed by atoms with Crippen LogP contribution in [0.4, 0.5) is 5.00 Å². The number of likely N-dealkylation sites (tertiary alicyclic amines) is 1. The van der Waals surface area contributed by atoms with Gasteiger partial charge >= 0.3 is 0 Å². The Balaban J connectivity index is 1.07. The topological polar surface area (TPSA) is 89.5 Å². The molecule has 0 spiro atoms. The van der Waals surface area contributed by atoms with Gasteiger partial charge in [-0.05, 0) is 48.2 Å². The predicted molar refractivity (Wildman–Crippen MR) is 131 cm³/mol. The number of aliphatic hydroxyl groups excluding tert-OH is 1. The fourth-order valence-electron chi connectivity index (χ4n) is 4.89. The molecule has 33 heavy (non-hydrogen) atoms. The van der Waals surface area contributed by atoms with Crippen molar-refractivity contribution < 1.29 is 9.90 Å². The van der Waals surface area contributed by atoms with Crippen LogP contribution >= 0.6 is 22.7 Å². The van der Waals surface area contributed by atoms with Crippen molar-refractivity contribution in [1.29, 1.82) is 0 Å². The summed E-state index contributed by atoms with van der Waals surface area (Å²) in [6.45, 7) is 4.33. The molecule has 0 saturated carbocycles. The Hall–Kier alpha value is -2.14. The van der Waals surface area contributed by atoms with E-state index in [-0.39, 0.29) is 11.9 Å². The van der Waals surface area contributed by atoms with E-state index in [4.69, 9.17) is 4.98 Å². The number of nitrogens with one attached hydrogen (secondary N) is 3. The molecular formula is C24H27N5O2S2. The van der Waals surface area contributed by atoms with Gasteiger partial charge in [0.05, 0.1) is 25.8 Å². The van der Waals surface area contributed by atoms with Crippen LogP contribution in [-0.2, 0) is 17.9 Å². The van der Waals surface area contributed by atoms with Gasteiger partial charge in [-0.3, -0.25) is 9.69 Å². The lowest BCUT2D eigenvalue weighted by Crippen LogP contribution is -2.46. The zero-order chi connectivity index (χ0) is 22.4. The summed E-state index contributed by atoms with van der Waals surface area (Å²) in [5.74, 6) is 0.361. The molecule has 5 heterocycles. The number of nitrogens with zero attached hydrogens (tertiary/aromatic N) is 2. The molecule has 9 heteroatoms. The minimum Gasteiger partial charge on any atom is -0.373 e. The van der Waals surface area contributed by atoms with Gasteiger partial charge < -0.3 is 21.1 Å². The number of amides is 1. The van der Waals surface area contributed by atoms with Crippen LogP contribution in [0.15, 0.2) is 36.5 Å². The molecule has 1 unspecified atom stereocenters. The number of hydrogen-bond donors (Lipinski definition) is 4. The average molecular weight is 482 g/mol. The van der Waals surface area contributed by atoms with Crippen LogP contribution in [0, 0.1) is 0 Å². The normalized spacial score (nSPS) is 21.7. The van der Waals surface area contributed by atoms with Gasteiger partial charge in [0.15, 0.2) is 0 Å². The Labute approximate surface area is 200 Å².